The molecule has 4 N–H and O–H groups in total. The maximum absolute atomic E-state index is 15.3. The highest BCUT2D eigenvalue weighted by Crippen LogP contribution is 2.43. The third-order valence-corrected chi connectivity index (χ3v) is 7.16. The van der Waals surface area contributed by atoms with Gasteiger partial charge < -0.3 is 25.5 Å². The number of hydrogen-bond acceptors (Lipinski definition) is 5. The Morgan fingerprint density at radius 1 is 1.18 bits per heavy atom. The first-order chi connectivity index (χ1) is 15.6. The second kappa shape index (κ2) is 7.95. The van der Waals surface area contributed by atoms with Crippen molar-refractivity contribution < 1.29 is 23.8 Å². The summed E-state index contributed by atoms with van der Waals surface area (Å²) in [7, 11) is 0. The molecule has 176 valence electrons. The second-order valence-electron chi connectivity index (χ2n) is 10.4. The lowest BCUT2D eigenvalue weighted by Gasteiger charge is -2.31. The highest BCUT2D eigenvalue weighted by atomic mass is 19.1. The Kier molecular flexibility index (Phi) is 5.33. The first-order valence-electron chi connectivity index (χ1n) is 11.6. The van der Waals surface area contributed by atoms with Gasteiger partial charge in [-0.15, -0.1) is 0 Å². The normalized spacial score (nSPS) is 23.8. The molecule has 1 amide bonds. The van der Waals surface area contributed by atoms with Gasteiger partial charge >= 0.3 is 0 Å². The Labute approximate surface area is 192 Å². The molecule has 1 aromatic heterocycles. The van der Waals surface area contributed by atoms with E-state index in [1.165, 1.54) is 6.07 Å². The molecule has 5 rings (SSSR count). The standard InChI is InChI=1S/C25H30FN3O4/c1-25(2)9-19-22(21(31)10-25)16-11-33-12-20(16)29(19)14-7-17(26)23(24(27)32)18(8-14)28-13-3-5-15(30)6-4-13/h7-8,13,15,28,30H,3-6,9-12H2,1-2H3,(H2,27,32). The predicted molar refractivity (Wildman–Crippen MR) is 121 cm³/mol. The lowest BCUT2D eigenvalue weighted by Crippen LogP contribution is -2.30. The SMILES string of the molecule is CC1(C)CC(=O)c2c3c(n(-c4cc(F)c(C(N)=O)c(NC5CCC(O)CC5)c4)c2C1)COC3. The topological polar surface area (TPSA) is 107 Å². The summed E-state index contributed by atoms with van der Waals surface area (Å²) in [5, 5.41) is 13.1. The second-order valence-corrected chi connectivity index (χ2v) is 10.4. The Hall–Kier alpha value is -2.71. The molecule has 1 fully saturated rings. The van der Waals surface area contributed by atoms with Crippen LogP contribution in [0.25, 0.3) is 5.69 Å². The Balaban J connectivity index is 1.64. The van der Waals surface area contributed by atoms with Gasteiger partial charge in [0.05, 0.1) is 41.9 Å². The van der Waals surface area contributed by atoms with Gasteiger partial charge in [0.25, 0.3) is 5.91 Å². The number of amides is 1. The number of Topliss-reactive ketones (excluding diaryl/α,β-unsaturated/α-hetero) is 1. The lowest BCUT2D eigenvalue weighted by molar-refractivity contribution is 0.0899. The number of nitrogens with zero attached hydrogens (tertiary/aromatic N) is 1. The van der Waals surface area contributed by atoms with Crippen molar-refractivity contribution in [3.05, 3.63) is 46.0 Å². The van der Waals surface area contributed by atoms with E-state index in [2.05, 4.69) is 19.2 Å². The molecule has 2 aliphatic carbocycles. The van der Waals surface area contributed by atoms with Gasteiger partial charge in [0.2, 0.25) is 0 Å². The molecule has 33 heavy (non-hydrogen) atoms. The molecule has 1 saturated carbocycles. The van der Waals surface area contributed by atoms with E-state index in [1.807, 2.05) is 4.57 Å². The molecule has 8 heteroatoms. The number of ether oxygens (including phenoxy) is 1. The number of halogens is 1. The number of ketones is 1. The number of aliphatic hydroxyl groups excluding tert-OH is 1. The number of anilines is 1. The molecule has 0 bridgehead atoms. The van der Waals surface area contributed by atoms with Gasteiger partial charge in [-0.3, -0.25) is 9.59 Å². The average molecular weight is 456 g/mol. The fraction of sp³-hybridized carbons (Fsp3) is 0.520. The molecule has 7 nitrogen and oxygen atoms in total. The molecule has 0 saturated heterocycles. The van der Waals surface area contributed by atoms with Crippen molar-refractivity contribution in [3.63, 3.8) is 0 Å². The van der Waals surface area contributed by atoms with Crippen LogP contribution < -0.4 is 11.1 Å². The summed E-state index contributed by atoms with van der Waals surface area (Å²) in [6.07, 6.45) is 3.57. The van der Waals surface area contributed by atoms with Crippen LogP contribution in [0.15, 0.2) is 12.1 Å². The number of nitrogens with one attached hydrogen (secondary N) is 1. The molecule has 0 unspecified atom stereocenters. The third-order valence-electron chi connectivity index (χ3n) is 7.16. The van der Waals surface area contributed by atoms with Crippen molar-refractivity contribution in [2.45, 2.75) is 77.7 Å². The van der Waals surface area contributed by atoms with Gasteiger partial charge in [0.15, 0.2) is 5.78 Å². The van der Waals surface area contributed by atoms with Crippen LogP contribution in [-0.4, -0.2) is 33.5 Å². The number of benzene rings is 1. The molecule has 0 radical (unpaired) electrons. The summed E-state index contributed by atoms with van der Waals surface area (Å²) < 4.78 is 22.9. The van der Waals surface area contributed by atoms with Crippen LogP contribution in [0.3, 0.4) is 0 Å². The van der Waals surface area contributed by atoms with E-state index in [0.29, 0.717) is 55.8 Å². The summed E-state index contributed by atoms with van der Waals surface area (Å²) in [6.45, 7) is 4.84. The molecular weight excluding hydrogens is 425 g/mol. The maximum Gasteiger partial charge on any atom is 0.253 e. The molecule has 0 atom stereocenters. The first kappa shape index (κ1) is 22.1. The summed E-state index contributed by atoms with van der Waals surface area (Å²) in [5.41, 5.74) is 9.39. The van der Waals surface area contributed by atoms with Gasteiger partial charge in [-0.25, -0.2) is 4.39 Å². The van der Waals surface area contributed by atoms with E-state index < -0.39 is 11.7 Å². The number of hydrogen-bond donors (Lipinski definition) is 3. The highest BCUT2D eigenvalue weighted by molar-refractivity contribution is 6.01. The van der Waals surface area contributed by atoms with Crippen LogP contribution in [-0.2, 0) is 24.4 Å². The number of primary amides is 1. The van der Waals surface area contributed by atoms with Gasteiger partial charge in [-0.2, -0.15) is 0 Å². The number of aliphatic hydroxyl groups is 1. The van der Waals surface area contributed by atoms with Crippen LogP contribution in [0.1, 0.15) is 83.6 Å². The zero-order valence-electron chi connectivity index (χ0n) is 19.0. The maximum atomic E-state index is 15.3. The third kappa shape index (κ3) is 3.85. The predicted octanol–water partition coefficient (Wildman–Crippen LogP) is 3.62. The minimum absolute atomic E-state index is 0.00860. The lowest BCUT2D eigenvalue weighted by atomic mass is 9.75. The number of carbonyl (C=O) groups excluding carboxylic acids is 2. The van der Waals surface area contributed by atoms with Crippen LogP contribution >= 0.6 is 0 Å². The summed E-state index contributed by atoms with van der Waals surface area (Å²) in [6, 6.07) is 3.08. The summed E-state index contributed by atoms with van der Waals surface area (Å²) >= 11 is 0. The minimum Gasteiger partial charge on any atom is -0.393 e. The molecule has 1 aromatic carbocycles. The number of fused-ring (bicyclic) bond motifs is 3. The summed E-state index contributed by atoms with van der Waals surface area (Å²) in [5.74, 6) is -1.44. The zero-order chi connectivity index (χ0) is 23.5. The average Bonchev–Trinajstić information content (AvgIpc) is 3.28. The monoisotopic (exact) mass is 455 g/mol. The van der Waals surface area contributed by atoms with E-state index in [9.17, 15) is 14.7 Å². The fourth-order valence-corrected chi connectivity index (χ4v) is 5.66. The number of carbonyl (C=O) groups is 2. The van der Waals surface area contributed by atoms with Crippen molar-refractivity contribution in [2.75, 3.05) is 5.32 Å². The molecule has 0 spiro atoms. The van der Waals surface area contributed by atoms with E-state index in [1.54, 1.807) is 6.07 Å². The minimum atomic E-state index is -0.836. The van der Waals surface area contributed by atoms with Crippen LogP contribution in [0.2, 0.25) is 0 Å². The molecule has 1 aliphatic heterocycles. The van der Waals surface area contributed by atoms with Crippen molar-refractivity contribution >= 4 is 17.4 Å². The van der Waals surface area contributed by atoms with E-state index >= 15 is 4.39 Å². The van der Waals surface area contributed by atoms with Crippen molar-refractivity contribution in [1.29, 1.82) is 0 Å². The smallest absolute Gasteiger partial charge is 0.253 e. The van der Waals surface area contributed by atoms with Gasteiger partial charge in [0.1, 0.15) is 5.82 Å². The van der Waals surface area contributed by atoms with Gasteiger partial charge in [-0.05, 0) is 49.7 Å². The number of rotatable bonds is 4. The Morgan fingerprint density at radius 2 is 1.91 bits per heavy atom. The quantitative estimate of drug-likeness (QED) is 0.653. The van der Waals surface area contributed by atoms with Crippen molar-refractivity contribution in [1.82, 2.24) is 4.57 Å². The van der Waals surface area contributed by atoms with Gasteiger partial charge in [0, 0.05) is 29.3 Å². The molecule has 2 heterocycles. The molecule has 3 aliphatic rings. The van der Waals surface area contributed by atoms with Crippen LogP contribution in [0.4, 0.5) is 10.1 Å². The fourth-order valence-electron chi connectivity index (χ4n) is 5.66. The highest BCUT2D eigenvalue weighted by Gasteiger charge is 2.39. The van der Waals surface area contributed by atoms with Gasteiger partial charge in [-0.1, -0.05) is 13.8 Å². The molecule has 2 aromatic rings. The molecular formula is C25H30FN3O4. The van der Waals surface area contributed by atoms with Crippen LogP contribution in [0, 0.1) is 11.2 Å². The zero-order valence-corrected chi connectivity index (χ0v) is 19.0. The van der Waals surface area contributed by atoms with Crippen molar-refractivity contribution in [3.8, 4) is 5.69 Å². The van der Waals surface area contributed by atoms with Crippen LogP contribution in [0.5, 0.6) is 0 Å². The largest absolute Gasteiger partial charge is 0.393 e. The van der Waals surface area contributed by atoms with E-state index in [0.717, 1.165) is 29.8 Å². The Bertz CT molecular complexity index is 1150. The summed E-state index contributed by atoms with van der Waals surface area (Å²) in [4.78, 5) is 25.1. The Morgan fingerprint density at radius 3 is 2.61 bits per heavy atom. The number of nitrogens with two attached hydrogens (primary N) is 1. The number of aromatic nitrogens is 1. The first-order valence-corrected chi connectivity index (χ1v) is 11.6. The van der Waals surface area contributed by atoms with Crippen molar-refractivity contribution in [2.24, 2.45) is 11.1 Å². The van der Waals surface area contributed by atoms with E-state index in [4.69, 9.17) is 10.5 Å². The van der Waals surface area contributed by atoms with E-state index in [-0.39, 0.29) is 28.9 Å².